The highest BCUT2D eigenvalue weighted by Crippen LogP contribution is 2.23. The summed E-state index contributed by atoms with van der Waals surface area (Å²) in [6.45, 7) is 10.1. The minimum absolute atomic E-state index is 0.0631. The Balaban J connectivity index is 1.89. The van der Waals surface area contributed by atoms with E-state index >= 15 is 0 Å². The summed E-state index contributed by atoms with van der Waals surface area (Å²) in [5.74, 6) is 0.310. The summed E-state index contributed by atoms with van der Waals surface area (Å²) in [5.41, 5.74) is 1.09. The molecule has 0 aliphatic carbocycles. The van der Waals surface area contributed by atoms with Gasteiger partial charge in [-0.1, -0.05) is 0 Å². The van der Waals surface area contributed by atoms with Crippen LogP contribution in [-0.4, -0.2) is 42.0 Å². The van der Waals surface area contributed by atoms with Crippen LogP contribution in [0.4, 0.5) is 0 Å². The Hall–Kier alpha value is -0.980. The maximum Gasteiger partial charge on any atom is 0.224 e. The van der Waals surface area contributed by atoms with E-state index in [4.69, 9.17) is 4.74 Å². The Morgan fingerprint density at radius 2 is 2.41 bits per heavy atom. The van der Waals surface area contributed by atoms with Crippen molar-refractivity contribution in [3.05, 3.63) is 16.1 Å². The lowest BCUT2D eigenvalue weighted by Gasteiger charge is -2.31. The van der Waals surface area contributed by atoms with Gasteiger partial charge in [-0.3, -0.25) is 9.69 Å². The first-order valence-electron chi connectivity index (χ1n) is 8.20. The topological polar surface area (TPSA) is 54.5 Å². The van der Waals surface area contributed by atoms with Gasteiger partial charge in [0, 0.05) is 31.6 Å². The van der Waals surface area contributed by atoms with Gasteiger partial charge in [0.05, 0.1) is 11.6 Å². The number of carbonyl (C=O) groups excluding carboxylic acids is 1. The molecule has 0 saturated carbocycles. The smallest absolute Gasteiger partial charge is 0.224 e. The first kappa shape index (κ1) is 17.4. The number of aromatic nitrogens is 1. The normalized spacial score (nSPS) is 20.8. The van der Waals surface area contributed by atoms with Crippen molar-refractivity contribution in [3.63, 3.8) is 0 Å². The summed E-state index contributed by atoms with van der Waals surface area (Å²) >= 11 is 1.66. The molecule has 6 heteroatoms. The van der Waals surface area contributed by atoms with Gasteiger partial charge >= 0.3 is 0 Å². The summed E-state index contributed by atoms with van der Waals surface area (Å²) in [7, 11) is 0. The van der Waals surface area contributed by atoms with Crippen molar-refractivity contribution in [2.45, 2.75) is 46.3 Å². The molecular formula is C16H27N3O2S. The van der Waals surface area contributed by atoms with E-state index in [9.17, 15) is 4.79 Å². The molecule has 1 amide bonds. The fourth-order valence-corrected chi connectivity index (χ4v) is 3.68. The van der Waals surface area contributed by atoms with Crippen molar-refractivity contribution in [2.24, 2.45) is 5.92 Å². The van der Waals surface area contributed by atoms with Crippen molar-refractivity contribution in [1.29, 1.82) is 0 Å². The fourth-order valence-electron chi connectivity index (χ4n) is 2.86. The Bertz CT molecular complexity index is 478. The van der Waals surface area contributed by atoms with Crippen molar-refractivity contribution in [2.75, 3.05) is 26.2 Å². The van der Waals surface area contributed by atoms with E-state index in [0.717, 1.165) is 43.2 Å². The van der Waals surface area contributed by atoms with Gasteiger partial charge in [0.2, 0.25) is 5.91 Å². The third kappa shape index (κ3) is 4.76. The zero-order chi connectivity index (χ0) is 15.9. The maximum absolute atomic E-state index is 12.0. The van der Waals surface area contributed by atoms with E-state index in [0.29, 0.717) is 13.2 Å². The van der Waals surface area contributed by atoms with E-state index in [-0.39, 0.29) is 17.9 Å². The molecule has 0 radical (unpaired) electrons. The van der Waals surface area contributed by atoms with E-state index in [1.54, 1.807) is 11.3 Å². The first-order valence-corrected chi connectivity index (χ1v) is 9.08. The summed E-state index contributed by atoms with van der Waals surface area (Å²) in [6.07, 6.45) is 2.13. The van der Waals surface area contributed by atoms with Crippen LogP contribution in [0.3, 0.4) is 0 Å². The van der Waals surface area contributed by atoms with E-state index in [2.05, 4.69) is 20.6 Å². The minimum Gasteiger partial charge on any atom is -0.372 e. The summed E-state index contributed by atoms with van der Waals surface area (Å²) < 4.78 is 5.59. The van der Waals surface area contributed by atoms with Gasteiger partial charge in [-0.2, -0.15) is 0 Å². The number of thiazole rings is 1. The molecule has 5 nitrogen and oxygen atoms in total. The van der Waals surface area contributed by atoms with Gasteiger partial charge in [0.15, 0.2) is 0 Å². The van der Waals surface area contributed by atoms with Crippen LogP contribution in [0.15, 0.2) is 5.38 Å². The highest BCUT2D eigenvalue weighted by molar-refractivity contribution is 7.09. The second-order valence-electron chi connectivity index (χ2n) is 5.74. The number of nitrogens with one attached hydrogen (secondary N) is 1. The molecule has 0 bridgehead atoms. The minimum atomic E-state index is 0.0631. The molecule has 2 atom stereocenters. The zero-order valence-corrected chi connectivity index (χ0v) is 14.6. The van der Waals surface area contributed by atoms with Gasteiger partial charge in [-0.15, -0.1) is 11.3 Å². The third-order valence-corrected chi connectivity index (χ3v) is 5.00. The van der Waals surface area contributed by atoms with Crippen LogP contribution in [0.5, 0.6) is 0 Å². The molecular weight excluding hydrogens is 298 g/mol. The number of amides is 1. The van der Waals surface area contributed by atoms with Crippen LogP contribution < -0.4 is 5.32 Å². The SMILES string of the molecule is CCNC(=O)[C@H]1CCCN(Cc2csc([C@@H](C)OCC)n2)C1. The highest BCUT2D eigenvalue weighted by Gasteiger charge is 2.25. The average Bonchev–Trinajstić information content (AvgIpc) is 2.97. The van der Waals surface area contributed by atoms with Crippen LogP contribution in [0, 0.1) is 5.92 Å². The predicted octanol–water partition coefficient (Wildman–Crippen LogP) is 2.59. The van der Waals surface area contributed by atoms with Crippen molar-refractivity contribution >= 4 is 17.2 Å². The van der Waals surface area contributed by atoms with Crippen molar-refractivity contribution in [1.82, 2.24) is 15.2 Å². The van der Waals surface area contributed by atoms with Gasteiger partial charge < -0.3 is 10.1 Å². The number of hydrogen-bond acceptors (Lipinski definition) is 5. The lowest BCUT2D eigenvalue weighted by Crippen LogP contribution is -2.42. The predicted molar refractivity (Wildman–Crippen MR) is 88.8 cm³/mol. The van der Waals surface area contributed by atoms with Gasteiger partial charge in [0.1, 0.15) is 11.1 Å². The second kappa shape index (κ2) is 8.60. The molecule has 1 aromatic heterocycles. The third-order valence-electron chi connectivity index (χ3n) is 3.95. The standard InChI is InChI=1S/C16H27N3O2S/c1-4-17-15(20)13-7-6-8-19(9-13)10-14-11-22-16(18-14)12(3)21-5-2/h11-13H,4-10H2,1-3H3,(H,17,20)/t12-,13+/m1/s1. The van der Waals surface area contributed by atoms with E-state index in [1.165, 1.54) is 0 Å². The van der Waals surface area contributed by atoms with E-state index < -0.39 is 0 Å². The number of rotatable bonds is 7. The lowest BCUT2D eigenvalue weighted by atomic mass is 9.97. The number of hydrogen-bond donors (Lipinski definition) is 1. The quantitative estimate of drug-likeness (QED) is 0.837. The van der Waals surface area contributed by atoms with Gasteiger partial charge in [-0.05, 0) is 40.2 Å². The number of likely N-dealkylation sites (tertiary alicyclic amines) is 1. The Morgan fingerprint density at radius 1 is 1.59 bits per heavy atom. The monoisotopic (exact) mass is 325 g/mol. The molecule has 1 N–H and O–H groups in total. The number of piperidine rings is 1. The van der Waals surface area contributed by atoms with Gasteiger partial charge in [-0.25, -0.2) is 4.98 Å². The van der Waals surface area contributed by atoms with E-state index in [1.807, 2.05) is 20.8 Å². The molecule has 22 heavy (non-hydrogen) atoms. The molecule has 0 aromatic carbocycles. The first-order chi connectivity index (χ1) is 10.6. The highest BCUT2D eigenvalue weighted by atomic mass is 32.1. The average molecular weight is 325 g/mol. The summed E-state index contributed by atoms with van der Waals surface area (Å²) in [5, 5.41) is 6.08. The molecule has 1 aromatic rings. The number of ether oxygens (including phenoxy) is 1. The molecule has 0 unspecified atom stereocenters. The number of carbonyl (C=O) groups is 1. The molecule has 2 rings (SSSR count). The Morgan fingerprint density at radius 3 is 3.14 bits per heavy atom. The Kier molecular flexibility index (Phi) is 6.79. The molecule has 124 valence electrons. The number of nitrogens with zero attached hydrogens (tertiary/aromatic N) is 2. The molecule has 1 fully saturated rings. The van der Waals surface area contributed by atoms with Crippen molar-refractivity contribution in [3.8, 4) is 0 Å². The molecule has 0 spiro atoms. The second-order valence-corrected chi connectivity index (χ2v) is 6.63. The largest absolute Gasteiger partial charge is 0.372 e. The molecule has 1 aliphatic rings. The van der Waals surface area contributed by atoms with Gasteiger partial charge in [0.25, 0.3) is 0 Å². The van der Waals surface area contributed by atoms with Crippen LogP contribution in [0.25, 0.3) is 0 Å². The molecule has 1 aliphatic heterocycles. The molecule has 2 heterocycles. The zero-order valence-electron chi connectivity index (χ0n) is 13.8. The molecule has 1 saturated heterocycles. The van der Waals surface area contributed by atoms with Crippen molar-refractivity contribution < 1.29 is 9.53 Å². The van der Waals surface area contributed by atoms with Crippen LogP contribution in [-0.2, 0) is 16.1 Å². The fraction of sp³-hybridized carbons (Fsp3) is 0.750. The summed E-state index contributed by atoms with van der Waals surface area (Å²) in [4.78, 5) is 19.0. The summed E-state index contributed by atoms with van der Waals surface area (Å²) in [6, 6.07) is 0. The Labute approximate surface area is 137 Å². The van der Waals surface area contributed by atoms with Crippen LogP contribution >= 0.6 is 11.3 Å². The lowest BCUT2D eigenvalue weighted by molar-refractivity contribution is -0.126. The maximum atomic E-state index is 12.0. The van der Waals surface area contributed by atoms with Crippen LogP contribution in [0.1, 0.15) is 50.4 Å². The van der Waals surface area contributed by atoms with Crippen LogP contribution in [0.2, 0.25) is 0 Å².